The number of rotatable bonds is 4. The van der Waals surface area contributed by atoms with Crippen LogP contribution >= 0.6 is 8.03 Å². The van der Waals surface area contributed by atoms with Gasteiger partial charge < -0.3 is 4.74 Å². The fourth-order valence-electron chi connectivity index (χ4n) is 1.40. The van der Waals surface area contributed by atoms with Crippen LogP contribution in [-0.2, 0) is 11.2 Å². The van der Waals surface area contributed by atoms with Crippen molar-refractivity contribution in [2.24, 2.45) is 0 Å². The first-order valence-corrected chi connectivity index (χ1v) is 6.40. The number of hydrogen-bond acceptors (Lipinski definition) is 2. The van der Waals surface area contributed by atoms with Crippen LogP contribution in [0.3, 0.4) is 0 Å². The second kappa shape index (κ2) is 5.58. The highest BCUT2D eigenvalue weighted by Gasteiger charge is 2.14. The molecule has 0 heterocycles. The molecule has 0 spiro atoms. The molecule has 86 valence electrons. The summed E-state index contributed by atoms with van der Waals surface area (Å²) in [7, 11) is -2.25. The Hall–Kier alpha value is -1.70. The fraction of sp³-hybridized carbons (Fsp3) is 0.0769. The van der Waals surface area contributed by atoms with Crippen LogP contribution in [0.25, 0.3) is 0 Å². The maximum atomic E-state index is 10.8. The summed E-state index contributed by atoms with van der Waals surface area (Å²) in [6.45, 7) is 0.451. The zero-order valence-corrected chi connectivity index (χ0v) is 10.0. The van der Waals surface area contributed by atoms with Gasteiger partial charge in [0.15, 0.2) is 0 Å². The predicted octanol–water partition coefficient (Wildman–Crippen LogP) is 2.63. The Balaban J connectivity index is 1.98. The molecule has 0 fully saturated rings. The molecule has 2 rings (SSSR count). The maximum absolute atomic E-state index is 10.8. The van der Waals surface area contributed by atoms with Gasteiger partial charge in [0.05, 0.1) is 0 Å². The molecule has 17 heavy (non-hydrogen) atoms. The van der Waals surface area contributed by atoms with E-state index in [-0.39, 0.29) is 0 Å². The van der Waals surface area contributed by atoms with Crippen LogP contribution in [0.2, 0.25) is 0 Å². The van der Waals surface area contributed by atoms with Gasteiger partial charge in [-0.1, -0.05) is 30.3 Å². The van der Waals surface area contributed by atoms with E-state index in [1.165, 1.54) is 0 Å². The maximum Gasteiger partial charge on any atom is 0.546 e. The molecule has 0 bridgehead atoms. The van der Waals surface area contributed by atoms with Crippen LogP contribution in [0.5, 0.6) is 5.75 Å². The van der Waals surface area contributed by atoms with E-state index in [1.54, 1.807) is 24.3 Å². The summed E-state index contributed by atoms with van der Waals surface area (Å²) in [5.74, 6) is 0.810. The minimum Gasteiger partial charge on any atom is -0.489 e. The van der Waals surface area contributed by atoms with Crippen molar-refractivity contribution in [1.29, 1.82) is 0 Å². The molecular weight excluding hydrogens is 235 g/mol. The summed E-state index contributed by atoms with van der Waals surface area (Å²) in [5.41, 5.74) is 0.967. The first kappa shape index (κ1) is 11.8. The van der Waals surface area contributed by atoms with Crippen LogP contribution in [0.15, 0.2) is 54.6 Å². The lowest BCUT2D eigenvalue weighted by atomic mass is 10.2. The van der Waals surface area contributed by atoms with E-state index in [2.05, 4.69) is 0 Å². The summed E-state index contributed by atoms with van der Waals surface area (Å²) in [5, 5.41) is 0.434. The first-order chi connectivity index (χ1) is 8.25. The summed E-state index contributed by atoms with van der Waals surface area (Å²) < 4.78 is 16.4. The lowest BCUT2D eigenvalue weighted by Crippen LogP contribution is -1.99. The van der Waals surface area contributed by atoms with E-state index in [0.29, 0.717) is 11.9 Å². The van der Waals surface area contributed by atoms with Gasteiger partial charge >= 0.3 is 8.03 Å². The van der Waals surface area contributed by atoms with Crippen LogP contribution in [0.1, 0.15) is 5.56 Å². The average Bonchev–Trinajstić information content (AvgIpc) is 2.38. The molecule has 1 unspecified atom stereocenters. The molecule has 0 radical (unpaired) electrons. The van der Waals surface area contributed by atoms with Gasteiger partial charge in [-0.05, 0) is 34.4 Å². The van der Waals surface area contributed by atoms with Crippen molar-refractivity contribution in [3.05, 3.63) is 60.2 Å². The van der Waals surface area contributed by atoms with E-state index in [4.69, 9.17) is 9.63 Å². The highest BCUT2D eigenvalue weighted by molar-refractivity contribution is 7.47. The van der Waals surface area contributed by atoms with Crippen molar-refractivity contribution in [3.8, 4) is 5.75 Å². The van der Waals surface area contributed by atoms with Gasteiger partial charge in [-0.25, -0.2) is 0 Å². The molecule has 4 heteroatoms. The number of benzene rings is 2. The van der Waals surface area contributed by atoms with Crippen molar-refractivity contribution in [1.82, 2.24) is 0 Å². The van der Waals surface area contributed by atoms with Crippen molar-refractivity contribution in [2.45, 2.75) is 6.61 Å². The van der Waals surface area contributed by atoms with E-state index in [9.17, 15) is 4.57 Å². The van der Waals surface area contributed by atoms with Crippen molar-refractivity contribution < 1.29 is 14.2 Å². The zero-order valence-electron chi connectivity index (χ0n) is 9.11. The van der Waals surface area contributed by atoms with Gasteiger partial charge in [0, 0.05) is 0 Å². The quantitative estimate of drug-likeness (QED) is 0.845. The Morgan fingerprint density at radius 3 is 2.24 bits per heavy atom. The van der Waals surface area contributed by atoms with Crippen molar-refractivity contribution in [3.63, 3.8) is 0 Å². The topological polar surface area (TPSA) is 46.5 Å². The lowest BCUT2D eigenvalue weighted by Gasteiger charge is -2.05. The van der Waals surface area contributed by atoms with Crippen LogP contribution in [0.4, 0.5) is 0 Å². The summed E-state index contributed by atoms with van der Waals surface area (Å²) in [4.78, 5) is 8.90. The summed E-state index contributed by atoms with van der Waals surface area (Å²) in [6.07, 6.45) is 0. The van der Waals surface area contributed by atoms with Crippen LogP contribution < -0.4 is 10.0 Å². The third-order valence-electron chi connectivity index (χ3n) is 2.31. The highest BCUT2D eigenvalue weighted by Crippen LogP contribution is 2.14. The lowest BCUT2D eigenvalue weighted by molar-refractivity contribution is 0.306. The Kier molecular flexibility index (Phi) is 3.86. The highest BCUT2D eigenvalue weighted by atomic mass is 31.1. The molecule has 0 aliphatic heterocycles. The molecule has 1 atom stereocenters. The van der Waals surface area contributed by atoms with E-state index in [1.807, 2.05) is 30.3 Å². The van der Waals surface area contributed by atoms with Gasteiger partial charge in [0.1, 0.15) is 12.4 Å². The Morgan fingerprint density at radius 1 is 1.00 bits per heavy atom. The van der Waals surface area contributed by atoms with Gasteiger partial charge in [0.25, 0.3) is 0 Å². The van der Waals surface area contributed by atoms with Crippen molar-refractivity contribution >= 4 is 13.3 Å². The largest absolute Gasteiger partial charge is 0.546 e. The van der Waals surface area contributed by atoms with Gasteiger partial charge in [-0.15, -0.1) is 0 Å². The SMILES string of the molecule is O=[P+](O)c1ccc(COc2ccccc2)cc1. The van der Waals surface area contributed by atoms with Gasteiger partial charge in [0.2, 0.25) is 5.30 Å². The van der Waals surface area contributed by atoms with E-state index >= 15 is 0 Å². The van der Waals surface area contributed by atoms with Crippen LogP contribution in [-0.4, -0.2) is 4.89 Å². The van der Waals surface area contributed by atoms with E-state index < -0.39 is 8.03 Å². The third-order valence-corrected chi connectivity index (χ3v) is 3.05. The molecule has 0 saturated heterocycles. The zero-order chi connectivity index (χ0) is 12.1. The summed E-state index contributed by atoms with van der Waals surface area (Å²) in [6, 6.07) is 16.4. The number of hydrogen-bond donors (Lipinski definition) is 1. The minimum absolute atomic E-state index is 0.434. The molecular formula is C13H12O3P+. The molecule has 0 aliphatic carbocycles. The Labute approximate surface area is 101 Å². The second-order valence-corrected chi connectivity index (χ2v) is 4.60. The molecule has 2 aromatic carbocycles. The molecule has 0 amide bonds. The molecule has 2 aromatic rings. The molecule has 0 aliphatic rings. The molecule has 0 aromatic heterocycles. The average molecular weight is 247 g/mol. The first-order valence-electron chi connectivity index (χ1n) is 5.18. The second-order valence-electron chi connectivity index (χ2n) is 3.54. The third kappa shape index (κ3) is 3.38. The van der Waals surface area contributed by atoms with Crippen LogP contribution in [0, 0.1) is 0 Å². The molecule has 0 saturated carbocycles. The van der Waals surface area contributed by atoms with Gasteiger partial charge in [-0.3, -0.25) is 0 Å². The number of ether oxygens (including phenoxy) is 1. The predicted molar refractivity (Wildman–Crippen MR) is 66.7 cm³/mol. The minimum atomic E-state index is -2.25. The van der Waals surface area contributed by atoms with Crippen molar-refractivity contribution in [2.75, 3.05) is 0 Å². The number of para-hydroxylation sites is 1. The molecule has 3 nitrogen and oxygen atoms in total. The summed E-state index contributed by atoms with van der Waals surface area (Å²) >= 11 is 0. The Morgan fingerprint density at radius 2 is 1.65 bits per heavy atom. The monoisotopic (exact) mass is 247 g/mol. The fourth-order valence-corrected chi connectivity index (χ4v) is 1.81. The van der Waals surface area contributed by atoms with E-state index in [0.717, 1.165) is 11.3 Å². The molecule has 1 N–H and O–H groups in total. The Bertz CT molecular complexity index is 494. The standard InChI is InChI=1S/C13H11O3P/c14-17(15)13-8-6-11(7-9-13)10-16-12-4-2-1-3-5-12/h1-9H,10H2/p+1. The normalized spacial score (nSPS) is 11.0. The van der Waals surface area contributed by atoms with Gasteiger partial charge in [-0.2, -0.15) is 4.89 Å². The smallest absolute Gasteiger partial charge is 0.489 e.